The molecule has 0 saturated carbocycles. The van der Waals surface area contributed by atoms with Gasteiger partial charge in [0, 0.05) is 19.3 Å². The van der Waals surface area contributed by atoms with Crippen molar-refractivity contribution < 1.29 is 4.79 Å². The normalized spacial score (nSPS) is 20.8. The van der Waals surface area contributed by atoms with Gasteiger partial charge in [-0.3, -0.25) is 9.78 Å². The predicted octanol–water partition coefficient (Wildman–Crippen LogP) is 1.54. The average Bonchev–Trinajstić information content (AvgIpc) is 2.29. The number of hydrogen-bond donors (Lipinski definition) is 1. The lowest BCUT2D eigenvalue weighted by atomic mass is 9.99. The van der Waals surface area contributed by atoms with Gasteiger partial charge in [-0.15, -0.1) is 0 Å². The van der Waals surface area contributed by atoms with E-state index in [-0.39, 0.29) is 5.91 Å². The standard InChI is InChI=1S/C12H17N3O/c1-9-3-2-6-15(8-9)12(16)10-4-5-14-7-11(10)13/h4-5,7,9H,2-3,6,8,13H2,1H3. The van der Waals surface area contributed by atoms with E-state index in [9.17, 15) is 4.79 Å². The summed E-state index contributed by atoms with van der Waals surface area (Å²) >= 11 is 0. The summed E-state index contributed by atoms with van der Waals surface area (Å²) < 4.78 is 0. The van der Waals surface area contributed by atoms with Crippen LogP contribution in [-0.2, 0) is 0 Å². The summed E-state index contributed by atoms with van der Waals surface area (Å²) in [7, 11) is 0. The molecule has 1 unspecified atom stereocenters. The van der Waals surface area contributed by atoms with Crippen molar-refractivity contribution in [3.05, 3.63) is 24.0 Å². The average molecular weight is 219 g/mol. The number of rotatable bonds is 1. The molecular weight excluding hydrogens is 202 g/mol. The molecule has 1 amide bonds. The van der Waals surface area contributed by atoms with Gasteiger partial charge < -0.3 is 10.6 Å². The summed E-state index contributed by atoms with van der Waals surface area (Å²) in [5, 5.41) is 0. The maximum absolute atomic E-state index is 12.2. The smallest absolute Gasteiger partial charge is 0.256 e. The first-order valence-electron chi connectivity index (χ1n) is 5.67. The Labute approximate surface area is 95.5 Å². The molecule has 0 aliphatic carbocycles. The highest BCUT2D eigenvalue weighted by Gasteiger charge is 2.23. The van der Waals surface area contributed by atoms with Crippen molar-refractivity contribution in [2.24, 2.45) is 5.92 Å². The van der Waals surface area contributed by atoms with E-state index in [0.29, 0.717) is 17.2 Å². The highest BCUT2D eigenvalue weighted by molar-refractivity contribution is 5.98. The van der Waals surface area contributed by atoms with Gasteiger partial charge in [0.15, 0.2) is 0 Å². The maximum atomic E-state index is 12.2. The molecule has 86 valence electrons. The molecule has 0 bridgehead atoms. The second-order valence-corrected chi connectivity index (χ2v) is 4.46. The van der Waals surface area contributed by atoms with E-state index in [4.69, 9.17) is 5.73 Å². The van der Waals surface area contributed by atoms with E-state index in [1.165, 1.54) is 12.6 Å². The molecule has 1 aliphatic rings. The van der Waals surface area contributed by atoms with Crippen LogP contribution in [0.15, 0.2) is 18.5 Å². The Hall–Kier alpha value is -1.58. The number of carbonyl (C=O) groups is 1. The van der Waals surface area contributed by atoms with E-state index in [2.05, 4.69) is 11.9 Å². The Bertz CT molecular complexity index is 392. The molecule has 1 aromatic rings. The van der Waals surface area contributed by atoms with Gasteiger partial charge in [-0.25, -0.2) is 0 Å². The van der Waals surface area contributed by atoms with Crippen molar-refractivity contribution in [3.63, 3.8) is 0 Å². The van der Waals surface area contributed by atoms with E-state index >= 15 is 0 Å². The summed E-state index contributed by atoms with van der Waals surface area (Å²) in [6.07, 6.45) is 5.42. The van der Waals surface area contributed by atoms with Gasteiger partial charge in [0.25, 0.3) is 5.91 Å². The van der Waals surface area contributed by atoms with E-state index < -0.39 is 0 Å². The number of piperidine rings is 1. The number of aromatic nitrogens is 1. The Morgan fingerprint density at radius 2 is 2.44 bits per heavy atom. The van der Waals surface area contributed by atoms with Crippen LogP contribution in [-0.4, -0.2) is 28.9 Å². The van der Waals surface area contributed by atoms with Crippen LogP contribution >= 0.6 is 0 Å². The summed E-state index contributed by atoms with van der Waals surface area (Å²) in [6.45, 7) is 3.85. The summed E-state index contributed by atoms with van der Waals surface area (Å²) in [5.41, 5.74) is 6.79. The molecule has 1 fully saturated rings. The fraction of sp³-hybridized carbons (Fsp3) is 0.500. The summed E-state index contributed by atoms with van der Waals surface area (Å²) in [6, 6.07) is 1.69. The SMILES string of the molecule is CC1CCCN(C(=O)c2ccncc2N)C1. The molecule has 0 aromatic carbocycles. The number of anilines is 1. The lowest BCUT2D eigenvalue weighted by Crippen LogP contribution is -2.39. The Balaban J connectivity index is 2.16. The van der Waals surface area contributed by atoms with Gasteiger partial charge in [-0.2, -0.15) is 0 Å². The second kappa shape index (κ2) is 4.51. The number of nitrogens with two attached hydrogens (primary N) is 1. The van der Waals surface area contributed by atoms with Crippen molar-refractivity contribution in [1.82, 2.24) is 9.88 Å². The number of pyridine rings is 1. The molecule has 1 aliphatic heterocycles. The minimum atomic E-state index is 0.0338. The molecule has 2 heterocycles. The largest absolute Gasteiger partial charge is 0.397 e. The lowest BCUT2D eigenvalue weighted by Gasteiger charge is -2.31. The molecule has 1 aromatic heterocycles. The first-order chi connectivity index (χ1) is 7.68. The number of carbonyl (C=O) groups excluding carboxylic acids is 1. The van der Waals surface area contributed by atoms with Crippen LogP contribution in [0.4, 0.5) is 5.69 Å². The molecule has 2 rings (SSSR count). The molecule has 2 N–H and O–H groups in total. The second-order valence-electron chi connectivity index (χ2n) is 4.46. The number of amides is 1. The van der Waals surface area contributed by atoms with Gasteiger partial charge in [0.2, 0.25) is 0 Å². The Kier molecular flexibility index (Phi) is 3.08. The first kappa shape index (κ1) is 10.9. The van der Waals surface area contributed by atoms with Crippen molar-refractivity contribution in [2.45, 2.75) is 19.8 Å². The van der Waals surface area contributed by atoms with Gasteiger partial charge in [-0.05, 0) is 24.8 Å². The van der Waals surface area contributed by atoms with Crippen molar-refractivity contribution >= 4 is 11.6 Å². The monoisotopic (exact) mass is 219 g/mol. The molecule has 4 nitrogen and oxygen atoms in total. The van der Waals surface area contributed by atoms with E-state index in [1.807, 2.05) is 4.90 Å². The fourth-order valence-corrected chi connectivity index (χ4v) is 2.15. The molecular formula is C12H17N3O. The summed E-state index contributed by atoms with van der Waals surface area (Å²) in [4.78, 5) is 18.0. The van der Waals surface area contributed by atoms with Gasteiger partial charge in [-0.1, -0.05) is 6.92 Å². The highest BCUT2D eigenvalue weighted by atomic mass is 16.2. The molecule has 4 heteroatoms. The summed E-state index contributed by atoms with van der Waals surface area (Å²) in [5.74, 6) is 0.618. The van der Waals surface area contributed by atoms with Crippen LogP contribution in [0, 0.1) is 5.92 Å². The molecule has 1 atom stereocenters. The van der Waals surface area contributed by atoms with Crippen LogP contribution in [0.1, 0.15) is 30.1 Å². The topological polar surface area (TPSA) is 59.2 Å². The zero-order chi connectivity index (χ0) is 11.5. The molecule has 1 saturated heterocycles. The number of likely N-dealkylation sites (tertiary alicyclic amines) is 1. The minimum absolute atomic E-state index is 0.0338. The third kappa shape index (κ3) is 2.15. The Morgan fingerprint density at radius 3 is 3.12 bits per heavy atom. The number of hydrogen-bond acceptors (Lipinski definition) is 3. The molecule has 0 radical (unpaired) electrons. The van der Waals surface area contributed by atoms with Crippen molar-refractivity contribution in [2.75, 3.05) is 18.8 Å². The van der Waals surface area contributed by atoms with Crippen LogP contribution in [0.2, 0.25) is 0 Å². The third-order valence-electron chi connectivity index (χ3n) is 3.03. The highest BCUT2D eigenvalue weighted by Crippen LogP contribution is 2.19. The Morgan fingerprint density at radius 1 is 1.62 bits per heavy atom. The van der Waals surface area contributed by atoms with Crippen LogP contribution in [0.5, 0.6) is 0 Å². The number of nitrogen functional groups attached to an aromatic ring is 1. The minimum Gasteiger partial charge on any atom is -0.397 e. The quantitative estimate of drug-likeness (QED) is 0.779. The maximum Gasteiger partial charge on any atom is 0.256 e. The third-order valence-corrected chi connectivity index (χ3v) is 3.03. The molecule has 0 spiro atoms. The zero-order valence-corrected chi connectivity index (χ0v) is 9.52. The van der Waals surface area contributed by atoms with Gasteiger partial charge in [0.05, 0.1) is 17.4 Å². The molecule has 16 heavy (non-hydrogen) atoms. The van der Waals surface area contributed by atoms with Gasteiger partial charge in [0.1, 0.15) is 0 Å². The predicted molar refractivity (Wildman–Crippen MR) is 63.0 cm³/mol. The van der Waals surface area contributed by atoms with Gasteiger partial charge >= 0.3 is 0 Å². The van der Waals surface area contributed by atoms with Crippen molar-refractivity contribution in [3.8, 4) is 0 Å². The van der Waals surface area contributed by atoms with Crippen LogP contribution in [0.3, 0.4) is 0 Å². The lowest BCUT2D eigenvalue weighted by molar-refractivity contribution is 0.0684. The van der Waals surface area contributed by atoms with Crippen LogP contribution < -0.4 is 5.73 Å². The van der Waals surface area contributed by atoms with E-state index in [0.717, 1.165) is 19.5 Å². The number of nitrogens with zero attached hydrogens (tertiary/aromatic N) is 2. The van der Waals surface area contributed by atoms with Crippen LogP contribution in [0.25, 0.3) is 0 Å². The zero-order valence-electron chi connectivity index (χ0n) is 9.52. The fourth-order valence-electron chi connectivity index (χ4n) is 2.15. The van der Waals surface area contributed by atoms with Crippen molar-refractivity contribution in [1.29, 1.82) is 0 Å². The first-order valence-corrected chi connectivity index (χ1v) is 5.67. The van der Waals surface area contributed by atoms with E-state index in [1.54, 1.807) is 12.3 Å².